The zero-order chi connectivity index (χ0) is 8.70. The molecule has 0 saturated heterocycles. The van der Waals surface area contributed by atoms with Gasteiger partial charge in [0.05, 0.1) is 9.74 Å². The molecule has 1 N–H and O–H groups in total. The molecule has 1 saturated carbocycles. The summed E-state index contributed by atoms with van der Waals surface area (Å²) in [6.45, 7) is 1.92. The zero-order valence-corrected chi connectivity index (χ0v) is 9.40. The van der Waals surface area contributed by atoms with E-state index < -0.39 is 11.4 Å². The Morgan fingerprint density at radius 3 is 2.36 bits per heavy atom. The lowest BCUT2D eigenvalue weighted by molar-refractivity contribution is -0.143. The number of carbonyl (C=O) groups is 1. The van der Waals surface area contributed by atoms with Crippen LogP contribution in [0, 0.1) is 5.41 Å². The third-order valence-corrected chi connectivity index (χ3v) is 5.57. The summed E-state index contributed by atoms with van der Waals surface area (Å²) in [5.41, 5.74) is -0.517. The van der Waals surface area contributed by atoms with Crippen LogP contribution < -0.4 is 0 Å². The van der Waals surface area contributed by atoms with Crippen LogP contribution in [0.3, 0.4) is 0 Å². The van der Waals surface area contributed by atoms with Crippen molar-refractivity contribution in [1.29, 1.82) is 0 Å². The van der Waals surface area contributed by atoms with E-state index in [0.29, 0.717) is 11.8 Å². The predicted molar refractivity (Wildman–Crippen MR) is 50.4 cm³/mol. The molecule has 4 heteroatoms. The predicted octanol–water partition coefficient (Wildman–Crippen LogP) is 2.40. The van der Waals surface area contributed by atoms with E-state index in [9.17, 15) is 4.79 Å². The van der Waals surface area contributed by atoms with Crippen LogP contribution in [0.4, 0.5) is 0 Å². The first-order valence-corrected chi connectivity index (χ1v) is 5.42. The third-order valence-electron chi connectivity index (χ3n) is 2.54. The van der Waals surface area contributed by atoms with Gasteiger partial charge in [-0.1, -0.05) is 38.8 Å². The van der Waals surface area contributed by atoms with Gasteiger partial charge in [-0.3, -0.25) is 4.79 Å². The normalized spacial score (nSPS) is 42.1. The van der Waals surface area contributed by atoms with Crippen molar-refractivity contribution in [3.8, 4) is 0 Å². The standard InChI is InChI=1S/C7H10Br2O2/c1-2-6(5(10)11)3-7(6,9)4-8/h2-4H2,1H3,(H,10,11)/t6-,7-/m0/s1. The van der Waals surface area contributed by atoms with E-state index >= 15 is 0 Å². The second-order valence-electron chi connectivity index (χ2n) is 3.02. The van der Waals surface area contributed by atoms with Crippen molar-refractivity contribution in [3.05, 3.63) is 0 Å². The van der Waals surface area contributed by atoms with Gasteiger partial charge in [-0.15, -0.1) is 0 Å². The summed E-state index contributed by atoms with van der Waals surface area (Å²) >= 11 is 6.75. The van der Waals surface area contributed by atoms with Gasteiger partial charge in [0.15, 0.2) is 0 Å². The van der Waals surface area contributed by atoms with E-state index in [1.54, 1.807) is 0 Å². The largest absolute Gasteiger partial charge is 0.481 e. The molecule has 0 aromatic heterocycles. The molecule has 64 valence electrons. The minimum Gasteiger partial charge on any atom is -0.481 e. The van der Waals surface area contributed by atoms with Gasteiger partial charge in [0.1, 0.15) is 0 Å². The maximum atomic E-state index is 10.8. The molecule has 1 fully saturated rings. The summed E-state index contributed by atoms with van der Waals surface area (Å²) < 4.78 is -0.194. The van der Waals surface area contributed by atoms with Crippen LogP contribution in [-0.2, 0) is 4.79 Å². The van der Waals surface area contributed by atoms with Gasteiger partial charge in [0, 0.05) is 5.33 Å². The van der Waals surface area contributed by atoms with E-state index in [0.717, 1.165) is 6.42 Å². The van der Waals surface area contributed by atoms with Crippen molar-refractivity contribution in [2.75, 3.05) is 5.33 Å². The maximum Gasteiger partial charge on any atom is 0.311 e. The molecule has 1 aliphatic carbocycles. The van der Waals surface area contributed by atoms with Gasteiger partial charge in [-0.25, -0.2) is 0 Å². The van der Waals surface area contributed by atoms with Gasteiger partial charge in [-0.05, 0) is 12.8 Å². The second-order valence-corrected chi connectivity index (χ2v) is 5.10. The van der Waals surface area contributed by atoms with Gasteiger partial charge in [0.2, 0.25) is 0 Å². The second kappa shape index (κ2) is 2.73. The molecule has 0 aliphatic heterocycles. The van der Waals surface area contributed by atoms with Crippen LogP contribution in [0.2, 0.25) is 0 Å². The molecule has 0 heterocycles. The van der Waals surface area contributed by atoms with E-state index in [1.807, 2.05) is 6.92 Å². The van der Waals surface area contributed by atoms with Crippen LogP contribution >= 0.6 is 31.9 Å². The number of hydrogen-bond donors (Lipinski definition) is 1. The number of aliphatic carboxylic acids is 1. The minimum atomic E-state index is -0.684. The fourth-order valence-corrected chi connectivity index (χ4v) is 3.13. The Morgan fingerprint density at radius 2 is 2.27 bits per heavy atom. The number of rotatable bonds is 3. The molecule has 2 nitrogen and oxygen atoms in total. The summed E-state index contributed by atoms with van der Waals surface area (Å²) in [7, 11) is 0. The van der Waals surface area contributed by atoms with E-state index in [2.05, 4.69) is 31.9 Å². The van der Waals surface area contributed by atoms with Crippen LogP contribution in [0.15, 0.2) is 0 Å². The highest BCUT2D eigenvalue weighted by molar-refractivity contribution is 9.12. The van der Waals surface area contributed by atoms with Crippen molar-refractivity contribution in [3.63, 3.8) is 0 Å². The SMILES string of the molecule is CC[C@@]1(C(=O)O)C[C@]1(Br)CBr. The third kappa shape index (κ3) is 1.15. The maximum absolute atomic E-state index is 10.8. The molecule has 0 aromatic carbocycles. The molecule has 0 spiro atoms. The van der Waals surface area contributed by atoms with Gasteiger partial charge < -0.3 is 5.11 Å². The summed E-state index contributed by atoms with van der Waals surface area (Å²) in [6, 6.07) is 0. The highest BCUT2D eigenvalue weighted by atomic mass is 79.9. The van der Waals surface area contributed by atoms with E-state index in [-0.39, 0.29) is 4.32 Å². The van der Waals surface area contributed by atoms with Crippen LogP contribution in [0.1, 0.15) is 19.8 Å². The molecule has 0 bridgehead atoms. The first kappa shape index (κ1) is 9.52. The zero-order valence-electron chi connectivity index (χ0n) is 6.23. The first-order chi connectivity index (χ1) is 5.02. The molecule has 11 heavy (non-hydrogen) atoms. The van der Waals surface area contributed by atoms with Crippen molar-refractivity contribution in [2.24, 2.45) is 5.41 Å². The van der Waals surface area contributed by atoms with Gasteiger partial charge in [0.25, 0.3) is 0 Å². The van der Waals surface area contributed by atoms with Crippen LogP contribution in [0.25, 0.3) is 0 Å². The average Bonchev–Trinajstić information content (AvgIpc) is 2.59. The molecule has 2 atom stereocenters. The van der Waals surface area contributed by atoms with E-state index in [4.69, 9.17) is 5.11 Å². The molecule has 0 amide bonds. The summed E-state index contributed by atoms with van der Waals surface area (Å²) in [5.74, 6) is -0.684. The van der Waals surface area contributed by atoms with Crippen LogP contribution in [0.5, 0.6) is 0 Å². The Balaban J connectivity index is 2.78. The van der Waals surface area contributed by atoms with Crippen molar-refractivity contribution < 1.29 is 9.90 Å². The number of carboxylic acid groups (broad SMARTS) is 1. The van der Waals surface area contributed by atoms with Crippen molar-refractivity contribution in [1.82, 2.24) is 0 Å². The monoisotopic (exact) mass is 284 g/mol. The Bertz CT molecular complexity index is 195. The lowest BCUT2D eigenvalue weighted by Crippen LogP contribution is -2.24. The van der Waals surface area contributed by atoms with Gasteiger partial charge >= 0.3 is 5.97 Å². The quantitative estimate of drug-likeness (QED) is 0.809. The molecular weight excluding hydrogens is 276 g/mol. The molecule has 1 rings (SSSR count). The Labute approximate surface area is 82.6 Å². The van der Waals surface area contributed by atoms with E-state index in [1.165, 1.54) is 0 Å². The lowest BCUT2D eigenvalue weighted by Gasteiger charge is -2.12. The van der Waals surface area contributed by atoms with Crippen molar-refractivity contribution >= 4 is 37.8 Å². The smallest absolute Gasteiger partial charge is 0.311 e. The Kier molecular flexibility index (Phi) is 2.36. The Hall–Kier alpha value is 0.430. The fourth-order valence-electron chi connectivity index (χ4n) is 1.47. The number of halogens is 2. The van der Waals surface area contributed by atoms with Crippen molar-refractivity contribution in [2.45, 2.75) is 24.1 Å². The van der Waals surface area contributed by atoms with Crippen LogP contribution in [-0.4, -0.2) is 20.7 Å². The molecule has 1 aliphatic rings. The summed E-state index contributed by atoms with van der Waals surface area (Å²) in [4.78, 5) is 10.8. The molecular formula is C7H10Br2O2. The summed E-state index contributed by atoms with van der Waals surface area (Å²) in [5, 5.41) is 9.63. The Morgan fingerprint density at radius 1 is 1.73 bits per heavy atom. The highest BCUT2D eigenvalue weighted by Crippen LogP contribution is 2.65. The first-order valence-electron chi connectivity index (χ1n) is 3.51. The number of alkyl halides is 2. The van der Waals surface area contributed by atoms with Gasteiger partial charge in [-0.2, -0.15) is 0 Å². The minimum absolute atomic E-state index is 0.194. The lowest BCUT2D eigenvalue weighted by atomic mass is 10.0. The topological polar surface area (TPSA) is 37.3 Å². The summed E-state index contributed by atoms with van der Waals surface area (Å²) in [6.07, 6.45) is 1.43. The highest BCUT2D eigenvalue weighted by Gasteiger charge is 2.69. The number of carboxylic acids is 1. The molecule has 0 radical (unpaired) electrons. The molecule has 0 unspecified atom stereocenters. The fraction of sp³-hybridized carbons (Fsp3) is 0.857. The number of hydrogen-bond acceptors (Lipinski definition) is 1. The molecule has 0 aromatic rings. The average molecular weight is 286 g/mol.